The first-order valence-electron chi connectivity index (χ1n) is 10.6. The number of piperazine rings is 1. The van der Waals surface area contributed by atoms with Gasteiger partial charge in [0.1, 0.15) is 22.9 Å². The molecule has 0 aromatic heterocycles. The summed E-state index contributed by atoms with van der Waals surface area (Å²) in [7, 11) is -0.829. The Morgan fingerprint density at radius 2 is 1.71 bits per heavy atom. The highest BCUT2D eigenvalue weighted by Gasteiger charge is 2.50. The summed E-state index contributed by atoms with van der Waals surface area (Å²) in [5.41, 5.74) is -0.614. The van der Waals surface area contributed by atoms with E-state index in [2.05, 4.69) is 5.32 Å². The first-order chi connectivity index (χ1) is 16.0. The first-order valence-corrected chi connectivity index (χ1v) is 12.2. The van der Waals surface area contributed by atoms with Crippen LogP contribution in [-0.2, 0) is 26.2 Å². The van der Waals surface area contributed by atoms with Crippen molar-refractivity contribution in [3.05, 3.63) is 53.8 Å². The van der Waals surface area contributed by atoms with Crippen LogP contribution >= 0.6 is 0 Å². The highest BCUT2D eigenvalue weighted by Crippen LogP contribution is 2.35. The zero-order valence-corrected chi connectivity index (χ0v) is 20.3. The molecule has 184 valence electrons. The SMILES string of the molecule is CCS(=O)(=O)N1CC(=O)N(c2cc(OC)cc(OC)c2)[C@@](C)(C(=O)NCc2ccc(F)cc2)C1. The van der Waals surface area contributed by atoms with Gasteiger partial charge in [-0.15, -0.1) is 0 Å². The Morgan fingerprint density at radius 1 is 1.12 bits per heavy atom. The summed E-state index contributed by atoms with van der Waals surface area (Å²) < 4.78 is 50.1. The number of nitrogens with zero attached hydrogens (tertiary/aromatic N) is 2. The third-order valence-corrected chi connectivity index (χ3v) is 7.52. The summed E-state index contributed by atoms with van der Waals surface area (Å²) in [5, 5.41) is 2.76. The van der Waals surface area contributed by atoms with Gasteiger partial charge in [0.2, 0.25) is 21.8 Å². The highest BCUT2D eigenvalue weighted by atomic mass is 32.2. The zero-order chi connectivity index (χ0) is 25.1. The van der Waals surface area contributed by atoms with Crippen LogP contribution in [0.4, 0.5) is 10.1 Å². The standard InChI is InChI=1S/C23H28FN3O6S/c1-5-34(30,31)26-14-21(28)27(18-10-19(32-3)12-20(11-18)33-4)23(2,15-26)22(29)25-13-16-6-8-17(24)9-7-16/h6-12H,5,13-15H2,1-4H3,(H,25,29)/t23-/m1/s1. The summed E-state index contributed by atoms with van der Waals surface area (Å²) in [6, 6.07) is 10.4. The molecule has 34 heavy (non-hydrogen) atoms. The molecule has 1 atom stereocenters. The van der Waals surface area contributed by atoms with E-state index in [1.807, 2.05) is 0 Å². The number of methoxy groups -OCH3 is 2. The third-order valence-electron chi connectivity index (χ3n) is 5.75. The molecule has 0 radical (unpaired) electrons. The van der Waals surface area contributed by atoms with Crippen molar-refractivity contribution < 1.29 is 31.9 Å². The molecular weight excluding hydrogens is 465 g/mol. The fourth-order valence-corrected chi connectivity index (χ4v) is 4.97. The van der Waals surface area contributed by atoms with Gasteiger partial charge in [0.25, 0.3) is 0 Å². The maximum Gasteiger partial charge on any atom is 0.247 e. The van der Waals surface area contributed by atoms with Crippen molar-refractivity contribution in [2.75, 3.05) is 38.0 Å². The van der Waals surface area contributed by atoms with E-state index >= 15 is 0 Å². The van der Waals surface area contributed by atoms with Gasteiger partial charge in [-0.25, -0.2) is 12.8 Å². The van der Waals surface area contributed by atoms with Crippen molar-refractivity contribution in [1.82, 2.24) is 9.62 Å². The molecule has 1 saturated heterocycles. The molecule has 0 bridgehead atoms. The van der Waals surface area contributed by atoms with E-state index in [1.54, 1.807) is 18.2 Å². The van der Waals surface area contributed by atoms with E-state index in [9.17, 15) is 22.4 Å². The predicted octanol–water partition coefficient (Wildman–Crippen LogP) is 1.92. The normalized spacial score (nSPS) is 19.1. The number of sulfonamides is 1. The summed E-state index contributed by atoms with van der Waals surface area (Å²) >= 11 is 0. The Labute approximate surface area is 198 Å². The molecule has 11 heteroatoms. The van der Waals surface area contributed by atoms with E-state index in [1.165, 1.54) is 57.2 Å². The van der Waals surface area contributed by atoms with Gasteiger partial charge in [0, 0.05) is 31.3 Å². The Bertz CT molecular complexity index is 1150. The Morgan fingerprint density at radius 3 is 2.24 bits per heavy atom. The van der Waals surface area contributed by atoms with Gasteiger partial charge in [-0.05, 0) is 31.5 Å². The number of benzene rings is 2. The fourth-order valence-electron chi connectivity index (χ4n) is 3.84. The lowest BCUT2D eigenvalue weighted by molar-refractivity contribution is -0.133. The van der Waals surface area contributed by atoms with Crippen molar-refractivity contribution in [3.8, 4) is 11.5 Å². The molecular formula is C23H28FN3O6S. The number of anilines is 1. The van der Waals surface area contributed by atoms with Crippen LogP contribution in [0.2, 0.25) is 0 Å². The van der Waals surface area contributed by atoms with E-state index in [0.717, 1.165) is 4.31 Å². The van der Waals surface area contributed by atoms with E-state index in [-0.39, 0.29) is 18.8 Å². The largest absolute Gasteiger partial charge is 0.497 e. The summed E-state index contributed by atoms with van der Waals surface area (Å²) in [4.78, 5) is 28.1. The minimum absolute atomic E-state index is 0.0681. The smallest absolute Gasteiger partial charge is 0.247 e. The van der Waals surface area contributed by atoms with Crippen molar-refractivity contribution in [1.29, 1.82) is 0 Å². The molecule has 1 aliphatic heterocycles. The average molecular weight is 494 g/mol. The van der Waals surface area contributed by atoms with Crippen LogP contribution in [0.1, 0.15) is 19.4 Å². The molecule has 0 unspecified atom stereocenters. The number of amides is 2. The molecule has 1 aliphatic rings. The first kappa shape index (κ1) is 25.4. The summed E-state index contributed by atoms with van der Waals surface area (Å²) in [5.74, 6) is -0.945. The fraction of sp³-hybridized carbons (Fsp3) is 0.391. The van der Waals surface area contributed by atoms with Crippen molar-refractivity contribution in [2.24, 2.45) is 0 Å². The molecule has 0 aliphatic carbocycles. The van der Waals surface area contributed by atoms with E-state index in [4.69, 9.17) is 9.47 Å². The van der Waals surface area contributed by atoms with Crippen LogP contribution in [0.15, 0.2) is 42.5 Å². The van der Waals surface area contributed by atoms with E-state index in [0.29, 0.717) is 22.7 Å². The molecule has 1 heterocycles. The van der Waals surface area contributed by atoms with Gasteiger partial charge in [0.15, 0.2) is 0 Å². The maximum absolute atomic E-state index is 13.5. The van der Waals surface area contributed by atoms with Gasteiger partial charge in [0.05, 0.1) is 32.2 Å². The Kier molecular flexibility index (Phi) is 7.47. The number of hydrogen-bond donors (Lipinski definition) is 1. The zero-order valence-electron chi connectivity index (χ0n) is 19.5. The lowest BCUT2D eigenvalue weighted by atomic mass is 9.94. The summed E-state index contributed by atoms with van der Waals surface area (Å²) in [6.07, 6.45) is 0. The number of nitrogens with one attached hydrogen (secondary N) is 1. The predicted molar refractivity (Wildman–Crippen MR) is 125 cm³/mol. The second kappa shape index (κ2) is 9.98. The van der Waals surface area contributed by atoms with Gasteiger partial charge in [-0.1, -0.05) is 12.1 Å². The van der Waals surface area contributed by atoms with Gasteiger partial charge in [-0.3, -0.25) is 14.5 Å². The van der Waals surface area contributed by atoms with Crippen LogP contribution in [0.5, 0.6) is 11.5 Å². The number of hydrogen-bond acceptors (Lipinski definition) is 6. The summed E-state index contributed by atoms with van der Waals surface area (Å²) in [6.45, 7) is 2.40. The quantitative estimate of drug-likeness (QED) is 0.603. The van der Waals surface area contributed by atoms with Gasteiger partial charge in [-0.2, -0.15) is 4.31 Å². The minimum atomic E-state index is -3.75. The molecule has 2 aromatic rings. The van der Waals surface area contributed by atoms with Crippen LogP contribution in [0.3, 0.4) is 0 Å². The van der Waals surface area contributed by atoms with Crippen LogP contribution in [-0.4, -0.2) is 63.1 Å². The monoisotopic (exact) mass is 493 g/mol. The van der Waals surface area contributed by atoms with Crippen molar-refractivity contribution in [3.63, 3.8) is 0 Å². The van der Waals surface area contributed by atoms with Crippen molar-refractivity contribution in [2.45, 2.75) is 25.9 Å². The highest BCUT2D eigenvalue weighted by molar-refractivity contribution is 7.89. The second-order valence-electron chi connectivity index (χ2n) is 8.05. The van der Waals surface area contributed by atoms with E-state index < -0.39 is 39.7 Å². The molecule has 2 amide bonds. The molecule has 2 aromatic carbocycles. The number of halogens is 1. The average Bonchev–Trinajstić information content (AvgIpc) is 2.82. The lowest BCUT2D eigenvalue weighted by Gasteiger charge is -2.46. The number of ether oxygens (including phenoxy) is 2. The molecule has 1 N–H and O–H groups in total. The lowest BCUT2D eigenvalue weighted by Crippen LogP contribution is -2.70. The third kappa shape index (κ3) is 5.15. The maximum atomic E-state index is 13.5. The van der Waals surface area contributed by atoms with Crippen LogP contribution < -0.4 is 19.7 Å². The minimum Gasteiger partial charge on any atom is -0.497 e. The molecule has 1 fully saturated rings. The van der Waals surface area contributed by atoms with Crippen molar-refractivity contribution >= 4 is 27.5 Å². The molecule has 3 rings (SSSR count). The number of carbonyl (C=O) groups excluding carboxylic acids is 2. The molecule has 0 saturated carbocycles. The second-order valence-corrected chi connectivity index (χ2v) is 10.3. The van der Waals surface area contributed by atoms with Crippen LogP contribution in [0, 0.1) is 5.82 Å². The molecule has 9 nitrogen and oxygen atoms in total. The molecule has 0 spiro atoms. The topological polar surface area (TPSA) is 105 Å². The number of carbonyl (C=O) groups is 2. The number of rotatable bonds is 8. The van der Waals surface area contributed by atoms with Gasteiger partial charge >= 0.3 is 0 Å². The Hall–Kier alpha value is -3.18. The van der Waals surface area contributed by atoms with Crippen LogP contribution in [0.25, 0.3) is 0 Å². The van der Waals surface area contributed by atoms with Gasteiger partial charge < -0.3 is 14.8 Å². The Balaban J connectivity index is 2.02.